The van der Waals surface area contributed by atoms with Gasteiger partial charge in [0.2, 0.25) is 0 Å². The van der Waals surface area contributed by atoms with Gasteiger partial charge in [-0.3, -0.25) is 0 Å². The van der Waals surface area contributed by atoms with Crippen molar-refractivity contribution in [2.75, 3.05) is 7.11 Å². The first-order chi connectivity index (χ1) is 9.81. The van der Waals surface area contributed by atoms with Crippen LogP contribution in [0.3, 0.4) is 0 Å². The molecule has 3 nitrogen and oxygen atoms in total. The van der Waals surface area contributed by atoms with E-state index in [4.69, 9.17) is 4.74 Å². The minimum atomic E-state index is -1.83. The first-order valence-electron chi connectivity index (χ1n) is 6.94. The van der Waals surface area contributed by atoms with Crippen LogP contribution in [0.4, 0.5) is 0 Å². The van der Waals surface area contributed by atoms with Gasteiger partial charge in [0.25, 0.3) is 0 Å². The molecule has 0 amide bonds. The highest BCUT2D eigenvalue weighted by molar-refractivity contribution is 6.89. The summed E-state index contributed by atoms with van der Waals surface area (Å²) < 4.78 is 4.72. The first kappa shape index (κ1) is 17.4. The van der Waals surface area contributed by atoms with Crippen molar-refractivity contribution in [2.45, 2.75) is 24.7 Å². The van der Waals surface area contributed by atoms with Crippen molar-refractivity contribution in [3.05, 3.63) is 55.6 Å². The second kappa shape index (κ2) is 6.87. The smallest absolute Gasteiger partial charge is 0.342 e. The van der Waals surface area contributed by atoms with Crippen LogP contribution in [0.1, 0.15) is 0 Å². The van der Waals surface area contributed by atoms with Gasteiger partial charge >= 0.3 is 5.97 Å². The van der Waals surface area contributed by atoms with Crippen LogP contribution in [0.2, 0.25) is 19.1 Å². The molecule has 114 valence electrons. The zero-order valence-corrected chi connectivity index (χ0v) is 14.0. The summed E-state index contributed by atoms with van der Waals surface area (Å²) in [5.74, 6) is -1.12. The number of hydrogen-bond donors (Lipinski definition) is 1. The van der Waals surface area contributed by atoms with Gasteiger partial charge in [-0.05, 0) is 12.1 Å². The number of aliphatic hydroxyl groups is 1. The summed E-state index contributed by atoms with van der Waals surface area (Å²) in [5.41, 5.74) is -1.73. The van der Waals surface area contributed by atoms with E-state index in [1.165, 1.54) is 18.4 Å². The van der Waals surface area contributed by atoms with Crippen LogP contribution in [0, 0.1) is 5.92 Å². The maximum absolute atomic E-state index is 11.9. The largest absolute Gasteiger partial charge is 0.467 e. The molecule has 1 rings (SSSR count). The Balaban J connectivity index is 3.09. The van der Waals surface area contributed by atoms with Gasteiger partial charge in [0.15, 0.2) is 5.60 Å². The van der Waals surface area contributed by atoms with Crippen LogP contribution in [0.15, 0.2) is 55.6 Å². The van der Waals surface area contributed by atoms with E-state index in [0.717, 1.165) is 0 Å². The van der Waals surface area contributed by atoms with Crippen LogP contribution in [-0.4, -0.2) is 31.9 Å². The van der Waals surface area contributed by atoms with Crippen molar-refractivity contribution in [2.24, 2.45) is 5.92 Å². The molecule has 0 radical (unpaired) electrons. The van der Waals surface area contributed by atoms with Crippen LogP contribution < -0.4 is 5.19 Å². The molecule has 0 saturated carbocycles. The average molecular weight is 304 g/mol. The van der Waals surface area contributed by atoms with Crippen molar-refractivity contribution >= 4 is 19.2 Å². The highest BCUT2D eigenvalue weighted by Gasteiger charge is 2.43. The molecular formula is C17H24O3Si. The zero-order chi connectivity index (χ0) is 16.1. The van der Waals surface area contributed by atoms with Crippen LogP contribution in [0.5, 0.6) is 0 Å². The fourth-order valence-corrected chi connectivity index (χ4v) is 5.43. The average Bonchev–Trinajstić information content (AvgIpc) is 2.51. The van der Waals surface area contributed by atoms with E-state index >= 15 is 0 Å². The monoisotopic (exact) mass is 304 g/mol. The highest BCUT2D eigenvalue weighted by Crippen LogP contribution is 2.30. The minimum Gasteiger partial charge on any atom is -0.467 e. The molecule has 0 heterocycles. The standard InChI is InChI=1S/C17H24O3Si/c1-6-14(17(19,7-2)16(18)20-3)13-21(4,5)15-11-9-8-10-12-15/h6-12,14,19H,1-2,13H2,3-5H3/t14-,17-/m0/s1. The third kappa shape index (κ3) is 3.71. The fourth-order valence-electron chi connectivity index (χ4n) is 2.53. The van der Waals surface area contributed by atoms with Crippen molar-refractivity contribution in [1.82, 2.24) is 0 Å². The maximum atomic E-state index is 11.9. The van der Waals surface area contributed by atoms with Crippen LogP contribution >= 0.6 is 0 Å². The van der Waals surface area contributed by atoms with E-state index in [0.29, 0.717) is 6.04 Å². The number of hydrogen-bond acceptors (Lipinski definition) is 3. The summed E-state index contributed by atoms with van der Waals surface area (Å²) >= 11 is 0. The van der Waals surface area contributed by atoms with Crippen LogP contribution in [0.25, 0.3) is 0 Å². The molecule has 0 aliphatic heterocycles. The molecule has 1 N–H and O–H groups in total. The molecular weight excluding hydrogens is 280 g/mol. The Labute approximate surface area is 128 Å². The summed E-state index contributed by atoms with van der Waals surface area (Å²) in [4.78, 5) is 11.9. The van der Waals surface area contributed by atoms with Crippen molar-refractivity contribution < 1.29 is 14.6 Å². The lowest BCUT2D eigenvalue weighted by molar-refractivity contribution is -0.160. The van der Waals surface area contributed by atoms with E-state index in [1.54, 1.807) is 6.08 Å². The van der Waals surface area contributed by atoms with E-state index in [-0.39, 0.29) is 0 Å². The lowest BCUT2D eigenvalue weighted by Crippen LogP contribution is -2.50. The molecule has 0 unspecified atom stereocenters. The highest BCUT2D eigenvalue weighted by atomic mass is 28.3. The zero-order valence-electron chi connectivity index (χ0n) is 13.0. The third-order valence-electron chi connectivity index (χ3n) is 3.96. The van der Waals surface area contributed by atoms with Gasteiger partial charge in [-0.2, -0.15) is 0 Å². The Morgan fingerprint density at radius 3 is 2.38 bits per heavy atom. The lowest BCUT2D eigenvalue weighted by atomic mass is 9.89. The number of benzene rings is 1. The van der Waals surface area contributed by atoms with Gasteiger partial charge in [-0.15, -0.1) is 6.58 Å². The second-order valence-electron chi connectivity index (χ2n) is 5.82. The van der Waals surface area contributed by atoms with E-state index in [2.05, 4.69) is 38.4 Å². The third-order valence-corrected chi connectivity index (χ3v) is 7.32. The minimum absolute atomic E-state index is 0.427. The predicted octanol–water partition coefficient (Wildman–Crippen LogP) is 2.49. The lowest BCUT2D eigenvalue weighted by Gasteiger charge is -2.34. The number of methoxy groups -OCH3 is 1. The van der Waals surface area contributed by atoms with E-state index in [1.807, 2.05) is 18.2 Å². The Bertz CT molecular complexity index is 510. The van der Waals surface area contributed by atoms with Gasteiger partial charge in [-0.25, -0.2) is 4.79 Å². The maximum Gasteiger partial charge on any atom is 0.342 e. The topological polar surface area (TPSA) is 46.5 Å². The Morgan fingerprint density at radius 1 is 1.38 bits per heavy atom. The number of ether oxygens (including phenoxy) is 1. The fraction of sp³-hybridized carbons (Fsp3) is 0.353. The molecule has 1 aromatic rings. The normalized spacial score (nSPS) is 15.6. The number of esters is 1. The first-order valence-corrected chi connectivity index (χ1v) is 10.1. The SMILES string of the molecule is C=C[C@@H](C[Si](C)(C)c1ccccc1)[C@@](O)(C=C)C(=O)OC. The number of carbonyl (C=O) groups excluding carboxylic acids is 1. The second-order valence-corrected chi connectivity index (χ2v) is 10.6. The van der Waals surface area contributed by atoms with Gasteiger partial charge in [0.1, 0.15) is 0 Å². The van der Waals surface area contributed by atoms with Crippen LogP contribution in [-0.2, 0) is 9.53 Å². The molecule has 0 aliphatic rings. The van der Waals surface area contributed by atoms with Gasteiger partial charge in [-0.1, -0.05) is 61.3 Å². The molecule has 2 atom stereocenters. The molecule has 1 aromatic carbocycles. The van der Waals surface area contributed by atoms with E-state index in [9.17, 15) is 9.90 Å². The molecule has 0 aromatic heterocycles. The molecule has 0 bridgehead atoms. The molecule has 0 spiro atoms. The van der Waals surface area contributed by atoms with Gasteiger partial charge < -0.3 is 9.84 Å². The summed E-state index contributed by atoms with van der Waals surface area (Å²) in [6.07, 6.45) is 2.87. The summed E-state index contributed by atoms with van der Waals surface area (Å²) in [6.45, 7) is 11.8. The summed E-state index contributed by atoms with van der Waals surface area (Å²) in [6, 6.07) is 10.9. The number of rotatable bonds is 7. The molecule has 0 saturated heterocycles. The quantitative estimate of drug-likeness (QED) is 0.478. The van der Waals surface area contributed by atoms with Crippen molar-refractivity contribution in [3.63, 3.8) is 0 Å². The van der Waals surface area contributed by atoms with Gasteiger partial charge in [0, 0.05) is 5.92 Å². The molecule has 4 heteroatoms. The Morgan fingerprint density at radius 2 is 1.95 bits per heavy atom. The summed E-state index contributed by atoms with van der Waals surface area (Å²) in [5, 5.41) is 11.9. The molecule has 21 heavy (non-hydrogen) atoms. The Hall–Kier alpha value is -1.65. The molecule has 0 fully saturated rings. The summed E-state index contributed by atoms with van der Waals surface area (Å²) in [7, 11) is -0.574. The van der Waals surface area contributed by atoms with E-state index < -0.39 is 25.6 Å². The predicted molar refractivity (Wildman–Crippen MR) is 89.2 cm³/mol. The number of carbonyl (C=O) groups is 1. The van der Waals surface area contributed by atoms with Crippen molar-refractivity contribution in [1.29, 1.82) is 0 Å². The van der Waals surface area contributed by atoms with Crippen molar-refractivity contribution in [3.8, 4) is 0 Å². The molecule has 0 aliphatic carbocycles. The van der Waals surface area contributed by atoms with Gasteiger partial charge in [0.05, 0.1) is 15.2 Å². The Kier molecular flexibility index (Phi) is 5.69.